The van der Waals surface area contributed by atoms with Crippen molar-refractivity contribution in [2.45, 2.75) is 12.5 Å². The van der Waals surface area contributed by atoms with E-state index in [9.17, 15) is 14.0 Å². The van der Waals surface area contributed by atoms with E-state index in [-0.39, 0.29) is 29.3 Å². The molecule has 4 rings (SSSR count). The van der Waals surface area contributed by atoms with Crippen molar-refractivity contribution in [3.8, 4) is 0 Å². The summed E-state index contributed by atoms with van der Waals surface area (Å²) >= 11 is 5.81. The highest BCUT2D eigenvalue weighted by atomic mass is 35.5. The van der Waals surface area contributed by atoms with E-state index in [1.807, 2.05) is 18.2 Å². The Morgan fingerprint density at radius 3 is 2.37 bits per heavy atom. The largest absolute Gasteiger partial charge is 0.360 e. The molecule has 2 fully saturated rings. The zero-order chi connectivity index (χ0) is 19.0. The Labute approximate surface area is 161 Å². The Bertz CT molecular complexity index is 869. The molecule has 2 aromatic carbocycles. The molecular weight excluding hydrogens is 369 g/mol. The molecule has 0 bridgehead atoms. The van der Waals surface area contributed by atoms with Crippen molar-refractivity contribution >= 4 is 34.8 Å². The molecule has 2 heterocycles. The minimum Gasteiger partial charge on any atom is -0.360 e. The number of amides is 2. The third-order valence-corrected chi connectivity index (χ3v) is 5.62. The fraction of sp³-hybridized carbons (Fsp3) is 0.300. The van der Waals surface area contributed by atoms with E-state index in [1.165, 1.54) is 23.9 Å². The van der Waals surface area contributed by atoms with Gasteiger partial charge in [0.2, 0.25) is 5.91 Å². The summed E-state index contributed by atoms with van der Waals surface area (Å²) in [6.45, 7) is 3.24. The van der Waals surface area contributed by atoms with Crippen molar-refractivity contribution in [1.82, 2.24) is 0 Å². The average molecular weight is 389 g/mol. The van der Waals surface area contributed by atoms with Crippen LogP contribution in [0.2, 0.25) is 5.02 Å². The van der Waals surface area contributed by atoms with E-state index in [0.29, 0.717) is 5.69 Å². The van der Waals surface area contributed by atoms with Crippen LogP contribution in [-0.2, 0) is 9.59 Å². The molecule has 0 aromatic heterocycles. The number of hydrogen-bond donors (Lipinski definition) is 1. The molecule has 5 nitrogen and oxygen atoms in total. The number of para-hydroxylation sites is 1. The van der Waals surface area contributed by atoms with Gasteiger partial charge < -0.3 is 9.80 Å². The van der Waals surface area contributed by atoms with Crippen LogP contribution in [0.4, 0.5) is 15.8 Å². The highest BCUT2D eigenvalue weighted by Gasteiger charge is 2.46. The van der Waals surface area contributed by atoms with Crippen LogP contribution < -0.4 is 14.7 Å². The lowest BCUT2D eigenvalue weighted by Gasteiger charge is -2.35. The lowest BCUT2D eigenvalue weighted by Crippen LogP contribution is -3.19. The molecule has 1 N–H and O–H groups in total. The Morgan fingerprint density at radius 2 is 1.70 bits per heavy atom. The van der Waals surface area contributed by atoms with E-state index in [2.05, 4.69) is 17.0 Å². The van der Waals surface area contributed by atoms with Crippen LogP contribution >= 0.6 is 11.6 Å². The average Bonchev–Trinajstić information content (AvgIpc) is 2.99. The number of halogens is 2. The minimum absolute atomic E-state index is 0.0969. The summed E-state index contributed by atoms with van der Waals surface area (Å²) in [6, 6.07) is 13.7. The number of rotatable bonds is 3. The standard InChI is InChI=1S/C20H19ClFN3O2/c21-16-12-15(6-7-17(16)22)25-19(26)13-18(20(25)27)24-10-8-23(9-11-24)14-4-2-1-3-5-14/h1-7,12,18H,8-11,13H2/p+1/t18-/m0/s1. The number of nitrogens with zero attached hydrogens (tertiary/aromatic N) is 2. The highest BCUT2D eigenvalue weighted by Crippen LogP contribution is 2.26. The summed E-state index contributed by atoms with van der Waals surface area (Å²) in [5.41, 5.74) is 1.51. The Morgan fingerprint density at radius 1 is 1.00 bits per heavy atom. The van der Waals surface area contributed by atoms with Gasteiger partial charge in [0.25, 0.3) is 5.91 Å². The van der Waals surface area contributed by atoms with Crippen LogP contribution in [0.5, 0.6) is 0 Å². The van der Waals surface area contributed by atoms with Gasteiger partial charge in [-0.3, -0.25) is 9.59 Å². The van der Waals surface area contributed by atoms with Crippen molar-refractivity contribution in [3.63, 3.8) is 0 Å². The second-order valence-corrected chi connectivity index (χ2v) is 7.31. The first-order valence-electron chi connectivity index (χ1n) is 9.01. The van der Waals surface area contributed by atoms with Crippen LogP contribution in [0, 0.1) is 5.82 Å². The predicted molar refractivity (Wildman–Crippen MR) is 102 cm³/mol. The van der Waals surface area contributed by atoms with E-state index in [1.54, 1.807) is 0 Å². The van der Waals surface area contributed by atoms with Gasteiger partial charge in [-0.15, -0.1) is 0 Å². The van der Waals surface area contributed by atoms with Crippen LogP contribution in [0.3, 0.4) is 0 Å². The van der Waals surface area contributed by atoms with Gasteiger partial charge in [-0.05, 0) is 30.3 Å². The van der Waals surface area contributed by atoms with Gasteiger partial charge in [0.1, 0.15) is 5.82 Å². The number of imide groups is 1. The second-order valence-electron chi connectivity index (χ2n) is 6.90. The molecule has 2 saturated heterocycles. The summed E-state index contributed by atoms with van der Waals surface area (Å²) in [7, 11) is 0. The number of hydrogen-bond acceptors (Lipinski definition) is 3. The van der Waals surface area contributed by atoms with Gasteiger partial charge in [-0.2, -0.15) is 0 Å². The van der Waals surface area contributed by atoms with Gasteiger partial charge in [0, 0.05) is 5.69 Å². The number of carbonyl (C=O) groups excluding carboxylic acids is 2. The van der Waals surface area contributed by atoms with Crippen LogP contribution in [0.15, 0.2) is 48.5 Å². The summed E-state index contributed by atoms with van der Waals surface area (Å²) in [6.07, 6.45) is 0.175. The second kappa shape index (κ2) is 7.29. The number of quaternary nitrogens is 1. The molecule has 27 heavy (non-hydrogen) atoms. The van der Waals surface area contributed by atoms with Crippen LogP contribution in [0.1, 0.15) is 6.42 Å². The zero-order valence-electron chi connectivity index (χ0n) is 14.7. The van der Waals surface area contributed by atoms with Crippen molar-refractivity contribution in [1.29, 1.82) is 0 Å². The molecular formula is C20H20ClFN3O2+. The zero-order valence-corrected chi connectivity index (χ0v) is 15.5. The molecule has 140 valence electrons. The first-order chi connectivity index (χ1) is 13.0. The van der Waals surface area contributed by atoms with E-state index in [0.717, 1.165) is 36.0 Å². The fourth-order valence-electron chi connectivity index (χ4n) is 3.89. The minimum atomic E-state index is -0.571. The van der Waals surface area contributed by atoms with Gasteiger partial charge in [0.15, 0.2) is 6.04 Å². The molecule has 2 aliphatic rings. The quantitative estimate of drug-likeness (QED) is 0.811. The number of benzene rings is 2. The van der Waals surface area contributed by atoms with Gasteiger partial charge in [0.05, 0.1) is 43.3 Å². The topological polar surface area (TPSA) is 45.1 Å². The molecule has 0 aliphatic carbocycles. The van der Waals surface area contributed by atoms with E-state index >= 15 is 0 Å². The van der Waals surface area contributed by atoms with E-state index in [4.69, 9.17) is 11.6 Å². The van der Waals surface area contributed by atoms with Gasteiger partial charge >= 0.3 is 0 Å². The molecule has 7 heteroatoms. The number of carbonyl (C=O) groups is 2. The predicted octanol–water partition coefficient (Wildman–Crippen LogP) is 1.52. The monoisotopic (exact) mass is 388 g/mol. The summed E-state index contributed by atoms with van der Waals surface area (Å²) in [4.78, 5) is 29.9. The first kappa shape index (κ1) is 17.9. The summed E-state index contributed by atoms with van der Waals surface area (Å²) in [5, 5.41) is -0.0969. The molecule has 0 radical (unpaired) electrons. The van der Waals surface area contributed by atoms with Crippen molar-refractivity contribution in [2.24, 2.45) is 0 Å². The van der Waals surface area contributed by atoms with Crippen molar-refractivity contribution in [2.75, 3.05) is 36.0 Å². The van der Waals surface area contributed by atoms with E-state index < -0.39 is 5.82 Å². The van der Waals surface area contributed by atoms with Gasteiger partial charge in [-0.1, -0.05) is 29.8 Å². The number of piperazine rings is 1. The van der Waals surface area contributed by atoms with Crippen molar-refractivity contribution in [3.05, 3.63) is 59.4 Å². The molecule has 2 amide bonds. The maximum absolute atomic E-state index is 13.4. The third-order valence-electron chi connectivity index (χ3n) is 5.33. The lowest BCUT2D eigenvalue weighted by atomic mass is 10.1. The first-order valence-corrected chi connectivity index (χ1v) is 9.39. The summed E-state index contributed by atoms with van der Waals surface area (Å²) in [5.74, 6) is -1.06. The molecule has 1 atom stereocenters. The van der Waals surface area contributed by atoms with Crippen molar-refractivity contribution < 1.29 is 18.9 Å². The number of anilines is 2. The smallest absolute Gasteiger partial charge is 0.292 e. The van der Waals surface area contributed by atoms with Crippen LogP contribution in [-0.4, -0.2) is 44.0 Å². The Balaban J connectivity index is 1.45. The maximum atomic E-state index is 13.4. The maximum Gasteiger partial charge on any atom is 0.292 e. The Hall–Kier alpha value is -2.44. The van der Waals surface area contributed by atoms with Gasteiger partial charge in [-0.25, -0.2) is 9.29 Å². The highest BCUT2D eigenvalue weighted by molar-refractivity contribution is 6.31. The SMILES string of the molecule is O=C1C[C@H]([NH+]2CCN(c3ccccc3)CC2)C(=O)N1c1ccc(F)c(Cl)c1. The molecule has 0 unspecified atom stereocenters. The number of nitrogens with one attached hydrogen (secondary N) is 1. The molecule has 0 spiro atoms. The Kier molecular flexibility index (Phi) is 4.85. The van der Waals surface area contributed by atoms with Crippen LogP contribution in [0.25, 0.3) is 0 Å². The molecule has 2 aromatic rings. The lowest BCUT2D eigenvalue weighted by molar-refractivity contribution is -0.915. The molecule has 0 saturated carbocycles. The molecule has 2 aliphatic heterocycles. The fourth-order valence-corrected chi connectivity index (χ4v) is 4.06. The normalized spacial score (nSPS) is 21.2. The summed E-state index contributed by atoms with van der Waals surface area (Å²) < 4.78 is 13.4. The third kappa shape index (κ3) is 3.42.